The van der Waals surface area contributed by atoms with E-state index in [1.807, 2.05) is 61.1 Å². The fourth-order valence-corrected chi connectivity index (χ4v) is 20.8. The number of para-hydroxylation sites is 3. The quantitative estimate of drug-likeness (QED) is 0.0959. The van der Waals surface area contributed by atoms with E-state index < -0.39 is 0 Å². The second kappa shape index (κ2) is 37.5. The summed E-state index contributed by atoms with van der Waals surface area (Å²) < 4.78 is 0. The van der Waals surface area contributed by atoms with Crippen molar-refractivity contribution in [3.05, 3.63) is 508 Å². The van der Waals surface area contributed by atoms with Crippen LogP contribution in [0.1, 0.15) is 49.9 Å². The third-order valence-corrected chi connectivity index (χ3v) is 28.6. The summed E-state index contributed by atoms with van der Waals surface area (Å²) >= 11 is 0. The molecular formula is C134H92N12. The predicted octanol–water partition coefficient (Wildman–Crippen LogP) is 33.2. The van der Waals surface area contributed by atoms with Gasteiger partial charge in [0.05, 0.1) is 16.6 Å². The molecule has 25 aromatic rings. The van der Waals surface area contributed by atoms with Crippen LogP contribution in [0.5, 0.6) is 0 Å². The van der Waals surface area contributed by atoms with E-state index in [0.717, 1.165) is 132 Å². The number of aromatic nitrogens is 12. The van der Waals surface area contributed by atoms with Crippen LogP contribution in [0.4, 0.5) is 0 Å². The summed E-state index contributed by atoms with van der Waals surface area (Å²) in [6, 6.07) is 163. The number of benzene rings is 19. The average molecular weight is 1870 g/mol. The highest BCUT2D eigenvalue weighted by atomic mass is 15.1. The van der Waals surface area contributed by atoms with Gasteiger partial charge in [0.15, 0.2) is 52.4 Å². The Morgan fingerprint density at radius 3 is 0.671 bits per heavy atom. The maximum atomic E-state index is 5.06. The Labute approximate surface area is 846 Å². The Hall–Kier alpha value is -19.0. The van der Waals surface area contributed by atoms with E-state index in [1.54, 1.807) is 0 Å². The van der Waals surface area contributed by atoms with Crippen LogP contribution in [0.25, 0.3) is 246 Å². The summed E-state index contributed by atoms with van der Waals surface area (Å²) in [4.78, 5) is 59.0. The molecule has 0 radical (unpaired) electrons. The van der Waals surface area contributed by atoms with E-state index in [4.69, 9.17) is 44.9 Å². The Kier molecular flexibility index (Phi) is 22.7. The summed E-state index contributed by atoms with van der Waals surface area (Å²) in [6.45, 7) is 9.31. The zero-order valence-electron chi connectivity index (χ0n) is 80.6. The second-order valence-electron chi connectivity index (χ2n) is 38.2. The van der Waals surface area contributed by atoms with E-state index in [9.17, 15) is 0 Å². The minimum absolute atomic E-state index is 0.0418. The van der Waals surface area contributed by atoms with E-state index >= 15 is 0 Å². The fourth-order valence-electron chi connectivity index (χ4n) is 20.8. The van der Waals surface area contributed by atoms with Crippen molar-refractivity contribution in [2.75, 3.05) is 0 Å². The topological polar surface area (TPSA) is 155 Å². The van der Waals surface area contributed by atoms with Crippen molar-refractivity contribution in [2.24, 2.45) is 0 Å². The van der Waals surface area contributed by atoms with Gasteiger partial charge in [-0.15, -0.1) is 0 Å². The van der Waals surface area contributed by atoms with E-state index in [0.29, 0.717) is 52.4 Å². The lowest BCUT2D eigenvalue weighted by Gasteiger charge is -2.22. The van der Waals surface area contributed by atoms with Gasteiger partial charge in [-0.05, 0) is 159 Å². The molecule has 0 unspecified atom stereocenters. The average Bonchev–Trinajstić information content (AvgIpc) is 1.58. The molecule has 2 aliphatic rings. The van der Waals surface area contributed by atoms with E-state index in [1.165, 1.54) is 83.1 Å². The number of hydrogen-bond acceptors (Lipinski definition) is 12. The van der Waals surface area contributed by atoms with Gasteiger partial charge in [0.2, 0.25) is 0 Å². The van der Waals surface area contributed by atoms with Crippen LogP contribution in [0.15, 0.2) is 486 Å². The summed E-state index contributed by atoms with van der Waals surface area (Å²) in [6.07, 6.45) is 5.52. The van der Waals surface area contributed by atoms with Gasteiger partial charge in [-0.3, -0.25) is 15.0 Å². The Morgan fingerprint density at radius 2 is 0.342 bits per heavy atom. The molecule has 6 heterocycles. The van der Waals surface area contributed by atoms with Gasteiger partial charge in [-0.2, -0.15) is 0 Å². The van der Waals surface area contributed by atoms with Gasteiger partial charge < -0.3 is 0 Å². The second-order valence-corrected chi connectivity index (χ2v) is 38.2. The van der Waals surface area contributed by atoms with Crippen molar-refractivity contribution in [1.82, 2.24) is 59.8 Å². The summed E-state index contributed by atoms with van der Waals surface area (Å²) in [5.74, 6) is 5.75. The summed E-state index contributed by atoms with van der Waals surface area (Å²) in [5, 5.41) is 8.02. The Morgan fingerprint density at radius 1 is 0.130 bits per heavy atom. The van der Waals surface area contributed by atoms with E-state index in [2.05, 4.69) is 467 Å². The maximum Gasteiger partial charge on any atom is 0.164 e. The Balaban J connectivity index is 0.000000115. The number of rotatable bonds is 15. The molecule has 0 saturated carbocycles. The lowest BCUT2D eigenvalue weighted by atomic mass is 9.81. The van der Waals surface area contributed by atoms with Crippen LogP contribution in [-0.2, 0) is 10.8 Å². The molecule has 27 rings (SSSR count). The van der Waals surface area contributed by atoms with Crippen LogP contribution < -0.4 is 0 Å². The van der Waals surface area contributed by atoms with Crippen molar-refractivity contribution in [3.8, 4) is 192 Å². The number of nitrogens with zero attached hydrogens (tertiary/aromatic N) is 12. The molecule has 0 fully saturated rings. The first-order chi connectivity index (χ1) is 71.8. The van der Waals surface area contributed by atoms with Crippen molar-refractivity contribution >= 4 is 54.3 Å². The molecule has 12 heteroatoms. The molecule has 146 heavy (non-hydrogen) atoms. The lowest BCUT2D eigenvalue weighted by molar-refractivity contribution is 0.660. The minimum Gasteiger partial charge on any atom is -0.256 e. The van der Waals surface area contributed by atoms with Crippen molar-refractivity contribution in [3.63, 3.8) is 0 Å². The van der Waals surface area contributed by atoms with Crippen molar-refractivity contribution in [1.29, 1.82) is 0 Å². The molecule has 0 saturated heterocycles. The van der Waals surface area contributed by atoms with Gasteiger partial charge in [0.1, 0.15) is 0 Å². The molecule has 0 aliphatic heterocycles. The van der Waals surface area contributed by atoms with Crippen molar-refractivity contribution in [2.45, 2.75) is 38.5 Å². The summed E-state index contributed by atoms with van der Waals surface area (Å²) in [7, 11) is 0. The standard InChI is InChI=1S/C51H39N3.C45H29N5.C38H24N4/c1-50(2)43-16-10-8-14-39(43)41-28-26-37(30-45(41)50)32-18-22-35(23-19-32)48-52-47(34-12-6-5-7-13-34)53-49(54-48)36-24-20-33(21-25-36)38-27-29-42-40-15-9-11-17-44(40)51(3,4)46(42)31-38;1-2-8-30(9-3-1)31-16-22-36(23-17-31)43-48-44(37-24-18-32(19-25-37)39-14-4-10-34-12-6-28-46-41(34)39)50-45(49-43)38-26-20-33(21-27-38)40-15-5-11-35-13-7-29-47-42(35)40;1-3-9-30-23-32(20-14-25(30)7-1)37-40-36(41-38(42-37)33-21-15-26-8-2-4-10-31(26)24-33)29-18-16-27(17-19-29)34-13-5-11-28-12-6-22-39-35(28)34/h5-31H,1-4H3;1-29H;1-24H. The van der Waals surface area contributed by atoms with Crippen LogP contribution >= 0.6 is 0 Å². The largest absolute Gasteiger partial charge is 0.256 e. The van der Waals surface area contributed by atoms with Crippen LogP contribution in [0.2, 0.25) is 0 Å². The zero-order chi connectivity index (χ0) is 97.8. The molecule has 2 aliphatic carbocycles. The first-order valence-corrected chi connectivity index (χ1v) is 49.3. The molecular weight excluding hydrogens is 1780 g/mol. The monoisotopic (exact) mass is 1870 g/mol. The van der Waals surface area contributed by atoms with E-state index in [-0.39, 0.29) is 10.8 Å². The molecule has 0 amide bonds. The van der Waals surface area contributed by atoms with Crippen molar-refractivity contribution < 1.29 is 0 Å². The SMILES string of the molecule is CC1(C)c2ccccc2-c2ccc(-c3ccc(-c4nc(-c5ccccc5)nc(-c5ccc(-c6ccc7c(c6)C(C)(C)c6ccccc6-7)cc5)n4)cc3)cc21.c1ccc(-c2ccc(-c3nc(-c4ccc(-c5cccc6cccnc56)cc4)nc(-c4ccc(-c5cccc6cccnc56)cc4)n3)cc2)cc1.c1ccc2cc(-c3nc(-c4ccc(-c5cccc6cccnc56)cc4)nc(-c4ccc5ccccc5c4)n3)ccc2c1. The molecule has 6 aromatic heterocycles. The number of hydrogen-bond donors (Lipinski definition) is 0. The highest BCUT2D eigenvalue weighted by molar-refractivity contribution is 5.98. The van der Waals surface area contributed by atoms with Crippen LogP contribution in [0.3, 0.4) is 0 Å². The maximum absolute atomic E-state index is 5.06. The van der Waals surface area contributed by atoms with Gasteiger partial charge >= 0.3 is 0 Å². The Bertz CT molecular complexity index is 8900. The highest BCUT2D eigenvalue weighted by Gasteiger charge is 2.37. The molecule has 688 valence electrons. The van der Waals surface area contributed by atoms with Crippen LogP contribution in [0, 0.1) is 0 Å². The number of fused-ring (bicyclic) bond motifs is 11. The minimum atomic E-state index is -0.0418. The summed E-state index contributed by atoms with van der Waals surface area (Å²) in [5.41, 5.74) is 35.8. The highest BCUT2D eigenvalue weighted by Crippen LogP contribution is 2.52. The zero-order valence-corrected chi connectivity index (χ0v) is 80.6. The molecule has 12 nitrogen and oxygen atoms in total. The van der Waals surface area contributed by atoms with Crippen LogP contribution in [-0.4, -0.2) is 59.8 Å². The smallest absolute Gasteiger partial charge is 0.164 e. The fraction of sp³-hybridized carbons (Fsp3) is 0.0448. The molecule has 0 N–H and O–H groups in total. The first kappa shape index (κ1) is 88.4. The third kappa shape index (κ3) is 17.0. The van der Waals surface area contributed by atoms with Gasteiger partial charge in [-0.25, -0.2) is 44.9 Å². The molecule has 0 bridgehead atoms. The van der Waals surface area contributed by atoms with Gasteiger partial charge in [0, 0.05) is 112 Å². The first-order valence-electron chi connectivity index (χ1n) is 49.3. The van der Waals surface area contributed by atoms with Gasteiger partial charge in [0.25, 0.3) is 0 Å². The van der Waals surface area contributed by atoms with Gasteiger partial charge in [-0.1, -0.05) is 452 Å². The number of pyridine rings is 3. The normalized spacial score (nSPS) is 12.4. The molecule has 0 atom stereocenters. The predicted molar refractivity (Wildman–Crippen MR) is 597 cm³/mol. The third-order valence-electron chi connectivity index (χ3n) is 28.6. The lowest BCUT2D eigenvalue weighted by Crippen LogP contribution is -2.14. The molecule has 0 spiro atoms. The molecule has 19 aromatic carbocycles.